The minimum absolute atomic E-state index is 0.0312. The lowest BCUT2D eigenvalue weighted by atomic mass is 10.1. The molecule has 3 N–H and O–H groups in total. The maximum atomic E-state index is 12.8. The van der Waals surface area contributed by atoms with Crippen LogP contribution in [0.25, 0.3) is 16.9 Å². The normalized spacial score (nSPS) is 18.7. The third-order valence-electron chi connectivity index (χ3n) is 5.63. The second-order valence-electron chi connectivity index (χ2n) is 7.92. The van der Waals surface area contributed by atoms with Crippen LogP contribution < -0.4 is 11.1 Å². The number of nitrogens with two attached hydrogens (primary N) is 1. The first-order valence-electron chi connectivity index (χ1n) is 9.97. The van der Waals surface area contributed by atoms with E-state index in [1.54, 1.807) is 11.1 Å². The number of nitrogens with zero attached hydrogens (tertiary/aromatic N) is 4. The molecule has 5 rings (SSSR count). The highest BCUT2D eigenvalue weighted by Gasteiger charge is 2.30. The summed E-state index contributed by atoms with van der Waals surface area (Å²) in [5.41, 5.74) is 8.78. The van der Waals surface area contributed by atoms with Crippen LogP contribution in [0, 0.1) is 11.8 Å². The maximum absolute atomic E-state index is 12.8. The first kappa shape index (κ1) is 18.8. The van der Waals surface area contributed by atoms with Crippen molar-refractivity contribution in [3.05, 3.63) is 47.2 Å². The number of fused-ring (bicyclic) bond motifs is 1. The van der Waals surface area contributed by atoms with E-state index in [4.69, 9.17) is 5.73 Å². The van der Waals surface area contributed by atoms with Crippen LogP contribution in [0.2, 0.25) is 0 Å². The van der Waals surface area contributed by atoms with Crippen molar-refractivity contribution in [1.29, 1.82) is 0 Å². The summed E-state index contributed by atoms with van der Waals surface area (Å²) in [7, 11) is 0. The second-order valence-corrected chi connectivity index (χ2v) is 8.78. The van der Waals surface area contributed by atoms with E-state index in [2.05, 4.69) is 21.9 Å². The molecular formula is C21H22N6O2S. The van der Waals surface area contributed by atoms with E-state index in [0.717, 1.165) is 36.2 Å². The summed E-state index contributed by atoms with van der Waals surface area (Å²) in [5, 5.41) is 5.22. The van der Waals surface area contributed by atoms with Crippen molar-refractivity contribution in [1.82, 2.24) is 19.3 Å². The molecule has 30 heavy (non-hydrogen) atoms. The van der Waals surface area contributed by atoms with Gasteiger partial charge in [0, 0.05) is 47.8 Å². The lowest BCUT2D eigenvalue weighted by Gasteiger charge is -2.14. The average molecular weight is 423 g/mol. The molecule has 0 aromatic carbocycles. The molecule has 1 aliphatic carbocycles. The van der Waals surface area contributed by atoms with E-state index in [0.29, 0.717) is 29.6 Å². The summed E-state index contributed by atoms with van der Waals surface area (Å²) < 4.78 is 1.86. The van der Waals surface area contributed by atoms with Crippen molar-refractivity contribution < 1.29 is 9.59 Å². The van der Waals surface area contributed by atoms with E-state index in [1.807, 2.05) is 28.1 Å². The average Bonchev–Trinajstić information content (AvgIpc) is 3.14. The monoisotopic (exact) mass is 422 g/mol. The van der Waals surface area contributed by atoms with Gasteiger partial charge in [-0.05, 0) is 31.4 Å². The number of imidazole rings is 1. The molecule has 0 bridgehead atoms. The number of rotatable bonds is 5. The predicted octanol–water partition coefficient (Wildman–Crippen LogP) is 2.74. The first-order valence-corrected chi connectivity index (χ1v) is 10.8. The molecule has 4 heterocycles. The van der Waals surface area contributed by atoms with Gasteiger partial charge >= 0.3 is 0 Å². The molecule has 1 saturated heterocycles. The fourth-order valence-electron chi connectivity index (χ4n) is 3.66. The standard InChI is InChI=1S/C21H22N6O2S/c1-12(22)14-6-7-26(8-14)21(29)20-23-16(11-30-20)15-4-5-18-24-17(10-27(18)9-15)25-19(28)13-2-3-13/h4-5,9-11,13-14H,1-3,6-8,22H2,(H,25,28). The summed E-state index contributed by atoms with van der Waals surface area (Å²) in [4.78, 5) is 35.5. The van der Waals surface area contributed by atoms with Gasteiger partial charge in [0.2, 0.25) is 5.91 Å². The predicted molar refractivity (Wildman–Crippen MR) is 115 cm³/mol. The summed E-state index contributed by atoms with van der Waals surface area (Å²) in [5.74, 6) is 0.799. The van der Waals surface area contributed by atoms with Gasteiger partial charge in [0.05, 0.1) is 11.9 Å². The fraction of sp³-hybridized carbons (Fsp3) is 0.333. The van der Waals surface area contributed by atoms with Crippen molar-refractivity contribution in [3.8, 4) is 11.3 Å². The van der Waals surface area contributed by atoms with Gasteiger partial charge in [-0.3, -0.25) is 9.59 Å². The number of carbonyl (C=O) groups excluding carboxylic acids is 2. The molecule has 1 saturated carbocycles. The van der Waals surface area contributed by atoms with Crippen LogP contribution in [0.3, 0.4) is 0 Å². The Morgan fingerprint density at radius 2 is 2.00 bits per heavy atom. The second kappa shape index (κ2) is 7.24. The molecule has 1 aliphatic heterocycles. The van der Waals surface area contributed by atoms with E-state index in [-0.39, 0.29) is 23.7 Å². The molecule has 154 valence electrons. The number of anilines is 1. The van der Waals surface area contributed by atoms with Crippen molar-refractivity contribution in [2.75, 3.05) is 18.4 Å². The largest absolute Gasteiger partial charge is 0.402 e. The topological polar surface area (TPSA) is 106 Å². The minimum Gasteiger partial charge on any atom is -0.402 e. The van der Waals surface area contributed by atoms with E-state index < -0.39 is 0 Å². The molecule has 1 unspecified atom stereocenters. The molecule has 1 atom stereocenters. The molecule has 3 aromatic heterocycles. The zero-order valence-electron chi connectivity index (χ0n) is 16.4. The molecule has 0 radical (unpaired) electrons. The van der Waals surface area contributed by atoms with Crippen LogP contribution in [0.15, 0.2) is 42.2 Å². The quantitative estimate of drug-likeness (QED) is 0.658. The Balaban J connectivity index is 1.33. The Morgan fingerprint density at radius 3 is 2.73 bits per heavy atom. The summed E-state index contributed by atoms with van der Waals surface area (Å²) in [6.45, 7) is 5.07. The number of thiazole rings is 1. The molecule has 2 aliphatic rings. The van der Waals surface area contributed by atoms with Crippen molar-refractivity contribution >= 4 is 34.6 Å². The zero-order valence-corrected chi connectivity index (χ0v) is 17.2. The van der Waals surface area contributed by atoms with Crippen LogP contribution in [0.4, 0.5) is 5.82 Å². The zero-order chi connectivity index (χ0) is 20.8. The summed E-state index contributed by atoms with van der Waals surface area (Å²) >= 11 is 1.34. The Bertz CT molecular complexity index is 1160. The molecule has 2 fully saturated rings. The van der Waals surface area contributed by atoms with Crippen LogP contribution in [-0.4, -0.2) is 44.2 Å². The Morgan fingerprint density at radius 1 is 1.17 bits per heavy atom. The van der Waals surface area contributed by atoms with Gasteiger partial charge in [-0.1, -0.05) is 6.58 Å². The fourth-order valence-corrected chi connectivity index (χ4v) is 4.46. The highest BCUT2D eigenvalue weighted by atomic mass is 32.1. The number of hydrogen-bond donors (Lipinski definition) is 2. The van der Waals surface area contributed by atoms with Crippen molar-refractivity contribution in [2.24, 2.45) is 17.6 Å². The first-order chi connectivity index (χ1) is 14.5. The molecule has 3 aromatic rings. The number of amides is 2. The lowest BCUT2D eigenvalue weighted by Crippen LogP contribution is -2.29. The van der Waals surface area contributed by atoms with E-state index in [9.17, 15) is 9.59 Å². The number of nitrogens with one attached hydrogen (secondary N) is 1. The number of likely N-dealkylation sites (tertiary alicyclic amines) is 1. The third kappa shape index (κ3) is 3.56. The van der Waals surface area contributed by atoms with E-state index in [1.165, 1.54) is 11.3 Å². The van der Waals surface area contributed by atoms with E-state index >= 15 is 0 Å². The van der Waals surface area contributed by atoms with Gasteiger partial charge in [-0.2, -0.15) is 0 Å². The third-order valence-corrected chi connectivity index (χ3v) is 6.46. The minimum atomic E-state index is -0.0659. The Kier molecular flexibility index (Phi) is 4.54. The van der Waals surface area contributed by atoms with Gasteiger partial charge in [0.15, 0.2) is 10.8 Å². The SMILES string of the molecule is C=C(N)C1CCN(C(=O)c2nc(-c3ccc4nc(NC(=O)C5CC5)cn4c3)cs2)C1. The number of carbonyl (C=O) groups is 2. The number of pyridine rings is 1. The van der Waals surface area contributed by atoms with Gasteiger partial charge in [0.25, 0.3) is 5.91 Å². The highest BCUT2D eigenvalue weighted by molar-refractivity contribution is 7.12. The van der Waals surface area contributed by atoms with Gasteiger partial charge in [-0.15, -0.1) is 11.3 Å². The van der Waals surface area contributed by atoms with Gasteiger partial charge in [-0.25, -0.2) is 9.97 Å². The van der Waals surface area contributed by atoms with Crippen molar-refractivity contribution in [3.63, 3.8) is 0 Å². The molecule has 0 spiro atoms. The van der Waals surface area contributed by atoms with Crippen LogP contribution in [0.5, 0.6) is 0 Å². The van der Waals surface area contributed by atoms with Crippen LogP contribution >= 0.6 is 11.3 Å². The summed E-state index contributed by atoms with van der Waals surface area (Å²) in [6.07, 6.45) is 6.45. The van der Waals surface area contributed by atoms with Gasteiger partial charge in [0.1, 0.15) is 5.65 Å². The molecule has 8 nitrogen and oxygen atoms in total. The lowest BCUT2D eigenvalue weighted by molar-refractivity contribution is -0.117. The highest BCUT2D eigenvalue weighted by Crippen LogP contribution is 2.30. The number of hydrogen-bond acceptors (Lipinski definition) is 6. The van der Waals surface area contributed by atoms with Gasteiger partial charge < -0.3 is 20.4 Å². The molecular weight excluding hydrogens is 400 g/mol. The maximum Gasteiger partial charge on any atom is 0.282 e. The van der Waals surface area contributed by atoms with Crippen molar-refractivity contribution in [2.45, 2.75) is 19.3 Å². The Hall–Kier alpha value is -3.20. The van der Waals surface area contributed by atoms with Crippen LogP contribution in [-0.2, 0) is 4.79 Å². The molecule has 2 amide bonds. The van der Waals surface area contributed by atoms with Crippen LogP contribution in [0.1, 0.15) is 29.1 Å². The smallest absolute Gasteiger partial charge is 0.282 e. The Labute approximate surface area is 177 Å². The molecule has 9 heteroatoms. The number of aromatic nitrogens is 3. The summed E-state index contributed by atoms with van der Waals surface area (Å²) in [6, 6.07) is 3.79.